The minimum Gasteiger partial charge on any atom is -0.505 e. The summed E-state index contributed by atoms with van der Waals surface area (Å²) in [4.78, 5) is -2.10. The largest absolute Gasteiger partial charge is 0.505 e. The average Bonchev–Trinajstić information content (AvgIpc) is 3.03. The zero-order valence-corrected chi connectivity index (χ0v) is 27.0. The summed E-state index contributed by atoms with van der Waals surface area (Å²) < 4.78 is 83.9. The van der Waals surface area contributed by atoms with E-state index in [0.717, 1.165) is 6.07 Å². The molecule has 4 rings (SSSR count). The first-order chi connectivity index (χ1) is 22.8. The summed E-state index contributed by atoms with van der Waals surface area (Å²) in [5, 5.41) is 61.5. The summed E-state index contributed by atoms with van der Waals surface area (Å²) in [6.45, 7) is 0. The highest BCUT2D eigenvalue weighted by Gasteiger charge is 2.31. The highest BCUT2D eigenvalue weighted by Crippen LogP contribution is 2.50. The van der Waals surface area contributed by atoms with Crippen molar-refractivity contribution in [1.82, 2.24) is 0 Å². The summed E-state index contributed by atoms with van der Waals surface area (Å²) >= 11 is 1.18. The molecule has 0 aliphatic rings. The maximum atomic E-state index is 12.8. The van der Waals surface area contributed by atoms with E-state index in [-0.39, 0.29) is 38.9 Å². The fraction of sp³-hybridized carbons (Fsp3) is 0. The van der Waals surface area contributed by atoms with Crippen molar-refractivity contribution in [2.45, 2.75) is 24.5 Å². The number of hydrogen-bond donors (Lipinski definition) is 7. The molecule has 0 heterocycles. The molecule has 4 aromatic rings. The number of phenols is 1. The van der Waals surface area contributed by atoms with E-state index in [1.165, 1.54) is 42.5 Å². The second-order valence-corrected chi connectivity index (χ2v) is 13.5. The lowest BCUT2D eigenvalue weighted by atomic mass is 10.1. The van der Waals surface area contributed by atoms with Crippen molar-refractivity contribution in [3.05, 3.63) is 54.6 Å². The maximum Gasteiger partial charge on any atom is 0.297 e. The van der Waals surface area contributed by atoms with Crippen LogP contribution >= 0.6 is 36.1 Å². The summed E-state index contributed by atoms with van der Waals surface area (Å²) in [5.74, 6) is -1.23. The van der Waals surface area contributed by atoms with Crippen LogP contribution in [-0.4, -0.2) is 46.8 Å². The number of benzene rings is 4. The van der Waals surface area contributed by atoms with E-state index < -0.39 is 57.9 Å². The van der Waals surface area contributed by atoms with E-state index in [1.807, 2.05) is 0 Å². The third-order valence-corrected chi connectivity index (χ3v) is 9.23. The van der Waals surface area contributed by atoms with Gasteiger partial charge < -0.3 is 10.8 Å². The number of azo groups is 2. The molecule has 0 atom stereocenters. The number of nitrogen functional groups attached to an aromatic ring is 1. The van der Waals surface area contributed by atoms with E-state index in [4.69, 9.17) is 21.5 Å². The summed E-state index contributed by atoms with van der Waals surface area (Å²) in [6.07, 6.45) is 0. The number of phenolic OH excluding ortho intramolecular Hbond substituents is 1. The first-order valence-electron chi connectivity index (χ1n) is 11.9. The Bertz CT molecular complexity index is 2080. The lowest BCUT2D eigenvalue weighted by Crippen LogP contribution is -2.04. The predicted octanol–water partition coefficient (Wildman–Crippen LogP) is 6.74. The van der Waals surface area contributed by atoms with Crippen LogP contribution in [0.25, 0.3) is 10.8 Å². The molecule has 0 aliphatic heterocycles. The fourth-order valence-electron chi connectivity index (χ4n) is 3.77. The molecule has 0 spiro atoms. The van der Waals surface area contributed by atoms with Crippen molar-refractivity contribution in [3.63, 3.8) is 0 Å². The number of rotatable bonds is 15. The van der Waals surface area contributed by atoms with Crippen LogP contribution in [0.3, 0.4) is 0 Å². The monoisotopic (exact) mass is 767 g/mol. The van der Waals surface area contributed by atoms with Crippen molar-refractivity contribution in [2.75, 3.05) is 5.73 Å². The molecule has 0 aromatic heterocycles. The molecule has 0 unspecified atom stereocenters. The van der Waals surface area contributed by atoms with Crippen LogP contribution in [0.5, 0.6) is 5.75 Å². The van der Waals surface area contributed by atoms with Crippen LogP contribution in [0.1, 0.15) is 0 Å². The van der Waals surface area contributed by atoms with Gasteiger partial charge in [0.05, 0.1) is 51.6 Å². The molecular formula is C22H17N5O16S5. The molecular weight excluding hydrogens is 751 g/mol. The van der Waals surface area contributed by atoms with Gasteiger partial charge in [-0.2, -0.15) is 21.9 Å². The quantitative estimate of drug-likeness (QED) is 0.0164. The number of nitrogens with zero attached hydrogens (tertiary/aromatic N) is 4. The minimum atomic E-state index is -5.41. The van der Waals surface area contributed by atoms with Gasteiger partial charge in [0.15, 0.2) is 5.75 Å². The first kappa shape index (κ1) is 37.3. The van der Waals surface area contributed by atoms with Crippen LogP contribution < -0.4 is 5.73 Å². The second-order valence-electron chi connectivity index (χ2n) is 8.47. The van der Waals surface area contributed by atoms with Crippen LogP contribution in [0.2, 0.25) is 0 Å². The zero-order valence-electron chi connectivity index (χ0n) is 22.9. The van der Waals surface area contributed by atoms with E-state index in [2.05, 4.69) is 48.6 Å². The Labute approximate surface area is 280 Å². The van der Waals surface area contributed by atoms with Crippen LogP contribution in [-0.2, 0) is 48.4 Å². The van der Waals surface area contributed by atoms with E-state index in [1.54, 1.807) is 0 Å². The number of fused-ring (bicyclic) bond motifs is 1. The lowest BCUT2D eigenvalue weighted by Gasteiger charge is -2.15. The van der Waals surface area contributed by atoms with Gasteiger partial charge in [-0.15, -0.1) is 28.3 Å². The van der Waals surface area contributed by atoms with Gasteiger partial charge in [0, 0.05) is 16.0 Å². The number of nitrogens with two attached hydrogens (primary N) is 1. The molecule has 0 radical (unpaired) electrons. The van der Waals surface area contributed by atoms with Gasteiger partial charge in [-0.3, -0.25) is 9.11 Å². The standard InChI is InChI=1S/C22H17N5O16S5/c23-11-1-6-15(45-42-39-30)14(9-11)25-27-20-17(47(32,33)34)8-10-7-16(46-43-40-31)19(22(48(35,36)37)18(10)21(20)28)26-24-12-2-4-13(5-3-12)44-41-38-29/h1-9,28-31H,23H2,(H,32,33,34)(H,35,36,37). The smallest absolute Gasteiger partial charge is 0.297 e. The molecule has 8 N–H and O–H groups in total. The Morgan fingerprint density at radius 3 is 1.88 bits per heavy atom. The van der Waals surface area contributed by atoms with Gasteiger partial charge in [-0.25, -0.2) is 15.8 Å². The Balaban J connectivity index is 2.01. The molecule has 0 bridgehead atoms. The Hall–Kier alpha value is -3.55. The molecule has 256 valence electrons. The van der Waals surface area contributed by atoms with Gasteiger partial charge >= 0.3 is 0 Å². The van der Waals surface area contributed by atoms with Gasteiger partial charge in [0.1, 0.15) is 26.9 Å². The molecule has 0 saturated heterocycles. The molecule has 48 heavy (non-hydrogen) atoms. The van der Waals surface area contributed by atoms with E-state index >= 15 is 0 Å². The average molecular weight is 768 g/mol. The molecule has 0 fully saturated rings. The normalized spacial score (nSPS) is 12.5. The van der Waals surface area contributed by atoms with Gasteiger partial charge in [0.25, 0.3) is 20.2 Å². The predicted molar refractivity (Wildman–Crippen MR) is 163 cm³/mol. The zero-order chi connectivity index (χ0) is 35.1. The Morgan fingerprint density at radius 1 is 0.667 bits per heavy atom. The molecule has 21 nitrogen and oxygen atoms in total. The van der Waals surface area contributed by atoms with Crippen LogP contribution in [0.15, 0.2) is 99.5 Å². The van der Waals surface area contributed by atoms with Crippen molar-refractivity contribution < 1.29 is 74.9 Å². The van der Waals surface area contributed by atoms with E-state index in [9.17, 15) is 31.0 Å². The summed E-state index contributed by atoms with van der Waals surface area (Å²) in [7, 11) is -10.6. The van der Waals surface area contributed by atoms with Crippen molar-refractivity contribution in [2.24, 2.45) is 20.5 Å². The van der Waals surface area contributed by atoms with Crippen LogP contribution in [0, 0.1) is 0 Å². The lowest BCUT2D eigenvalue weighted by molar-refractivity contribution is -0.432. The van der Waals surface area contributed by atoms with Crippen LogP contribution in [0.4, 0.5) is 28.4 Å². The number of aromatic hydroxyl groups is 1. The molecule has 0 amide bonds. The number of anilines is 1. The Kier molecular flexibility index (Phi) is 12.6. The molecule has 0 aliphatic carbocycles. The fourth-order valence-corrected chi connectivity index (χ4v) is 6.63. The van der Waals surface area contributed by atoms with E-state index in [0.29, 0.717) is 35.0 Å². The van der Waals surface area contributed by atoms with Crippen molar-refractivity contribution in [1.29, 1.82) is 0 Å². The second kappa shape index (κ2) is 16.2. The van der Waals surface area contributed by atoms with Crippen molar-refractivity contribution in [3.8, 4) is 5.75 Å². The first-order valence-corrected chi connectivity index (χ1v) is 17.0. The van der Waals surface area contributed by atoms with Crippen molar-refractivity contribution >= 4 is 95.6 Å². The van der Waals surface area contributed by atoms with Gasteiger partial charge in [-0.1, -0.05) is 15.1 Å². The minimum absolute atomic E-state index is 0.0886. The third kappa shape index (κ3) is 9.12. The SMILES string of the molecule is Nc1ccc(SOOO)c(N=Nc2c(S(=O)(=O)O)cc3cc(SOOO)c(N=Nc4ccc(SOOO)cc4)c(S(=O)(=O)O)c3c2O)c1. The molecule has 0 saturated carbocycles. The highest BCUT2D eigenvalue weighted by atomic mass is 32.2. The molecule has 26 heteroatoms. The topological polar surface area (TPSA) is 320 Å². The summed E-state index contributed by atoms with van der Waals surface area (Å²) in [6, 6.07) is 11.2. The van der Waals surface area contributed by atoms with Gasteiger partial charge in [-0.05, 0) is 60.0 Å². The number of hydrogen-bond acceptors (Lipinski definition) is 22. The highest BCUT2D eigenvalue weighted by molar-refractivity contribution is 7.95. The Morgan fingerprint density at radius 2 is 1.27 bits per heavy atom. The summed E-state index contributed by atoms with van der Waals surface area (Å²) in [5.41, 5.74) is 4.12. The van der Waals surface area contributed by atoms with Gasteiger partial charge in [0.2, 0.25) is 0 Å². The third-order valence-electron chi connectivity index (χ3n) is 5.58. The maximum absolute atomic E-state index is 12.8. The molecule has 4 aromatic carbocycles.